The largest absolute Gasteiger partial charge is 0.379 e. The summed E-state index contributed by atoms with van der Waals surface area (Å²) in [5.74, 6) is -1.09. The van der Waals surface area contributed by atoms with E-state index in [1.165, 1.54) is 4.57 Å². The lowest BCUT2D eigenvalue weighted by molar-refractivity contribution is -0.135. The van der Waals surface area contributed by atoms with Crippen molar-refractivity contribution in [1.82, 2.24) is 14.5 Å². The molecular formula is C25H37N3O10S. The molecule has 13 nitrogen and oxygen atoms in total. The number of hydrogen-bond donors (Lipinski definition) is 2. The number of imide groups is 1. The Hall–Kier alpha value is -2.62. The summed E-state index contributed by atoms with van der Waals surface area (Å²) in [6, 6.07) is 4.94. The van der Waals surface area contributed by atoms with E-state index in [0.717, 1.165) is 17.5 Å². The molecular weight excluding hydrogens is 534 g/mol. The number of imidazole rings is 1. The summed E-state index contributed by atoms with van der Waals surface area (Å²) in [4.78, 5) is 36.9. The number of para-hydroxylation sites is 1. The fourth-order valence-corrected chi connectivity index (χ4v) is 4.90. The Balaban J connectivity index is 1.30. The fourth-order valence-electron chi connectivity index (χ4n) is 4.42. The molecule has 1 unspecified atom stereocenters. The quantitative estimate of drug-likeness (QED) is 0.147. The minimum absolute atomic E-state index is 0.200. The number of aromatic nitrogens is 2. The van der Waals surface area contributed by atoms with Crippen LogP contribution in [-0.4, -0.2) is 92.5 Å². The summed E-state index contributed by atoms with van der Waals surface area (Å²) >= 11 is 0. The third-order valence-electron chi connectivity index (χ3n) is 6.25. The molecule has 218 valence electrons. The molecule has 1 aromatic carbocycles. The van der Waals surface area contributed by atoms with Crippen LogP contribution in [0.2, 0.25) is 0 Å². The molecule has 2 aromatic rings. The van der Waals surface area contributed by atoms with Crippen molar-refractivity contribution in [2.24, 2.45) is 7.05 Å². The van der Waals surface area contributed by atoms with Gasteiger partial charge < -0.3 is 18.9 Å². The van der Waals surface area contributed by atoms with Crippen molar-refractivity contribution in [2.75, 3.05) is 58.6 Å². The first-order valence-corrected chi connectivity index (χ1v) is 14.6. The standard InChI is InChI=1S/C25H37N3O10S/c1-27-23-19(5-2-7-20(23)28(25(27)31)21-8-9-22(29)26-24(21)30)6-3-10-35-12-14-37-16-17-38-15-13-36-11-4-18-39(32,33)34/h2,5,7,21H,3-4,6,8-18H2,1H3,(H,26,29,30)(H,32,33,34). The maximum atomic E-state index is 13.0. The molecule has 1 saturated heterocycles. The van der Waals surface area contributed by atoms with Crippen LogP contribution in [0.4, 0.5) is 0 Å². The number of aryl methyl sites for hydroxylation is 2. The van der Waals surface area contributed by atoms with Gasteiger partial charge in [-0.2, -0.15) is 8.42 Å². The zero-order valence-corrected chi connectivity index (χ0v) is 22.9. The molecule has 1 aromatic heterocycles. The first-order valence-electron chi connectivity index (χ1n) is 13.0. The number of fused-ring (bicyclic) bond motifs is 1. The number of rotatable bonds is 18. The van der Waals surface area contributed by atoms with Crippen molar-refractivity contribution in [1.29, 1.82) is 0 Å². The Morgan fingerprint density at radius 1 is 0.923 bits per heavy atom. The molecule has 1 fully saturated rings. The van der Waals surface area contributed by atoms with Gasteiger partial charge in [-0.3, -0.25) is 28.6 Å². The lowest BCUT2D eigenvalue weighted by atomic mass is 10.0. The van der Waals surface area contributed by atoms with Crippen LogP contribution in [0, 0.1) is 0 Å². The monoisotopic (exact) mass is 571 g/mol. The molecule has 1 aliphatic heterocycles. The van der Waals surface area contributed by atoms with E-state index in [9.17, 15) is 22.8 Å². The topological polar surface area (TPSA) is 164 Å². The zero-order valence-electron chi connectivity index (χ0n) is 22.1. The van der Waals surface area contributed by atoms with Crippen molar-refractivity contribution >= 4 is 33.0 Å². The summed E-state index contributed by atoms with van der Waals surface area (Å²) in [6.45, 7) is 3.12. The SMILES string of the molecule is Cn1c(=O)n(C2CCC(=O)NC2=O)c2cccc(CCCOCCOCCOCCOCCCS(=O)(=O)O)c21. The highest BCUT2D eigenvalue weighted by molar-refractivity contribution is 7.85. The smallest absolute Gasteiger partial charge is 0.329 e. The van der Waals surface area contributed by atoms with Crippen molar-refractivity contribution < 1.29 is 41.5 Å². The van der Waals surface area contributed by atoms with Crippen LogP contribution in [0.1, 0.15) is 37.3 Å². The highest BCUT2D eigenvalue weighted by atomic mass is 32.2. The molecule has 0 bridgehead atoms. The number of nitrogens with zero attached hydrogens (tertiary/aromatic N) is 2. The van der Waals surface area contributed by atoms with Gasteiger partial charge in [-0.25, -0.2) is 4.79 Å². The summed E-state index contributed by atoms with van der Waals surface area (Å²) in [7, 11) is -2.25. The van der Waals surface area contributed by atoms with E-state index in [0.29, 0.717) is 64.6 Å². The number of ether oxygens (including phenoxy) is 4. The average molecular weight is 572 g/mol. The van der Waals surface area contributed by atoms with Crippen molar-refractivity contribution in [3.8, 4) is 0 Å². The minimum Gasteiger partial charge on any atom is -0.379 e. The van der Waals surface area contributed by atoms with Crippen molar-refractivity contribution in [3.05, 3.63) is 34.2 Å². The molecule has 0 saturated carbocycles. The molecule has 14 heteroatoms. The van der Waals surface area contributed by atoms with Crippen LogP contribution >= 0.6 is 0 Å². The summed E-state index contributed by atoms with van der Waals surface area (Å²) < 4.78 is 54.5. The number of piperidine rings is 1. The highest BCUT2D eigenvalue weighted by Crippen LogP contribution is 2.25. The summed E-state index contributed by atoms with van der Waals surface area (Å²) in [5, 5.41) is 2.32. The number of carbonyl (C=O) groups excluding carboxylic acids is 2. The van der Waals surface area contributed by atoms with Crippen LogP contribution < -0.4 is 11.0 Å². The van der Waals surface area contributed by atoms with Gasteiger partial charge in [-0.15, -0.1) is 0 Å². The molecule has 39 heavy (non-hydrogen) atoms. The fraction of sp³-hybridized carbons (Fsp3) is 0.640. The normalized spacial score (nSPS) is 16.2. The van der Waals surface area contributed by atoms with Gasteiger partial charge in [0.25, 0.3) is 10.1 Å². The van der Waals surface area contributed by atoms with E-state index in [1.54, 1.807) is 11.6 Å². The van der Waals surface area contributed by atoms with E-state index >= 15 is 0 Å². The molecule has 2 heterocycles. The lowest BCUT2D eigenvalue weighted by Gasteiger charge is -2.21. The van der Waals surface area contributed by atoms with Gasteiger partial charge in [0, 0.05) is 26.7 Å². The third-order valence-corrected chi connectivity index (χ3v) is 7.05. The molecule has 2 amide bonds. The molecule has 0 spiro atoms. The first kappa shape index (κ1) is 30.9. The van der Waals surface area contributed by atoms with Crippen LogP contribution in [-0.2, 0) is 52.1 Å². The maximum absolute atomic E-state index is 13.0. The Kier molecular flexibility index (Phi) is 12.1. The van der Waals surface area contributed by atoms with Gasteiger partial charge in [0.2, 0.25) is 11.8 Å². The molecule has 2 N–H and O–H groups in total. The predicted molar refractivity (Wildman–Crippen MR) is 141 cm³/mol. The average Bonchev–Trinajstić information content (AvgIpc) is 3.13. The molecule has 3 rings (SSSR count). The first-order chi connectivity index (χ1) is 18.7. The van der Waals surface area contributed by atoms with Crippen molar-refractivity contribution in [2.45, 2.75) is 38.1 Å². The summed E-state index contributed by atoms with van der Waals surface area (Å²) in [5.41, 5.74) is 2.15. The minimum atomic E-state index is -3.94. The zero-order chi connectivity index (χ0) is 28.3. The van der Waals surface area contributed by atoms with Crippen LogP contribution in [0.5, 0.6) is 0 Å². The third kappa shape index (κ3) is 9.51. The van der Waals surface area contributed by atoms with Crippen LogP contribution in [0.15, 0.2) is 23.0 Å². The Bertz CT molecular complexity index is 1270. The Labute approximate surface area is 227 Å². The molecule has 1 atom stereocenters. The van der Waals surface area contributed by atoms with E-state index in [2.05, 4.69) is 5.32 Å². The number of nitrogens with one attached hydrogen (secondary N) is 1. The number of amides is 2. The highest BCUT2D eigenvalue weighted by Gasteiger charge is 2.31. The van der Waals surface area contributed by atoms with Crippen molar-refractivity contribution in [3.63, 3.8) is 0 Å². The Morgan fingerprint density at radius 2 is 1.51 bits per heavy atom. The number of carbonyl (C=O) groups is 2. The van der Waals surface area contributed by atoms with Gasteiger partial charge in [0.05, 0.1) is 56.4 Å². The second kappa shape index (κ2) is 15.2. The number of benzene rings is 1. The summed E-state index contributed by atoms with van der Waals surface area (Å²) in [6.07, 6.45) is 2.16. The van der Waals surface area contributed by atoms with Gasteiger partial charge in [0.1, 0.15) is 6.04 Å². The molecule has 1 aliphatic rings. The van der Waals surface area contributed by atoms with Crippen LogP contribution in [0.3, 0.4) is 0 Å². The van der Waals surface area contributed by atoms with E-state index in [1.807, 2.05) is 18.2 Å². The van der Waals surface area contributed by atoms with Gasteiger partial charge in [-0.1, -0.05) is 12.1 Å². The van der Waals surface area contributed by atoms with Crippen LogP contribution in [0.25, 0.3) is 11.0 Å². The Morgan fingerprint density at radius 3 is 2.10 bits per heavy atom. The second-order valence-electron chi connectivity index (χ2n) is 9.16. The second-order valence-corrected chi connectivity index (χ2v) is 10.7. The van der Waals surface area contributed by atoms with E-state index < -0.39 is 22.1 Å². The maximum Gasteiger partial charge on any atom is 0.329 e. The van der Waals surface area contributed by atoms with E-state index in [4.69, 9.17) is 23.5 Å². The van der Waals surface area contributed by atoms with Gasteiger partial charge in [-0.05, 0) is 37.3 Å². The number of hydrogen-bond acceptors (Lipinski definition) is 9. The molecule has 0 aliphatic carbocycles. The predicted octanol–water partition coefficient (Wildman–Crippen LogP) is 0.595. The van der Waals surface area contributed by atoms with E-state index in [-0.39, 0.29) is 36.8 Å². The lowest BCUT2D eigenvalue weighted by Crippen LogP contribution is -2.44. The van der Waals surface area contributed by atoms with Gasteiger partial charge >= 0.3 is 5.69 Å². The van der Waals surface area contributed by atoms with Gasteiger partial charge in [0.15, 0.2) is 0 Å². The molecule has 0 radical (unpaired) electrons.